The van der Waals surface area contributed by atoms with E-state index in [1.165, 1.54) is 11.8 Å². The molecule has 6 nitrogen and oxygen atoms in total. The second-order valence-electron chi connectivity index (χ2n) is 7.28. The fraction of sp³-hybridized carbons (Fsp3) is 0.524. The predicted octanol–water partition coefficient (Wildman–Crippen LogP) is 3.65. The summed E-state index contributed by atoms with van der Waals surface area (Å²) in [6.45, 7) is 8.61. The first-order valence-corrected chi connectivity index (χ1v) is 11.3. The van der Waals surface area contributed by atoms with Crippen molar-refractivity contribution < 1.29 is 4.79 Å². The number of thiocarbonyl (C=S) groups is 1. The summed E-state index contributed by atoms with van der Waals surface area (Å²) in [5, 5.41) is 9.67. The number of thioether (sulfide) groups is 1. The third-order valence-electron chi connectivity index (χ3n) is 5.45. The number of anilines is 1. The summed E-state index contributed by atoms with van der Waals surface area (Å²) >= 11 is 6.63. The highest BCUT2D eigenvalue weighted by molar-refractivity contribution is 8.26. The first-order valence-electron chi connectivity index (χ1n) is 10.1. The summed E-state index contributed by atoms with van der Waals surface area (Å²) in [6, 6.07) is 2.09. The van der Waals surface area contributed by atoms with Gasteiger partial charge in [0.2, 0.25) is 0 Å². The summed E-state index contributed by atoms with van der Waals surface area (Å²) in [6.07, 6.45) is 5.77. The van der Waals surface area contributed by atoms with Crippen LogP contribution in [0.5, 0.6) is 0 Å². The number of carbonyl (C=O) groups is 1. The van der Waals surface area contributed by atoms with Gasteiger partial charge in [0, 0.05) is 31.7 Å². The Kier molecular flexibility index (Phi) is 6.81. The van der Waals surface area contributed by atoms with Crippen molar-refractivity contribution in [3.05, 3.63) is 31.9 Å². The second kappa shape index (κ2) is 9.14. The molecule has 3 rings (SSSR count). The molecule has 0 radical (unpaired) electrons. The van der Waals surface area contributed by atoms with Crippen molar-refractivity contribution in [3.63, 3.8) is 0 Å². The molecule has 2 aliphatic rings. The topological polar surface area (TPSA) is 69.3 Å². The van der Waals surface area contributed by atoms with Crippen LogP contribution in [0.25, 0.3) is 6.08 Å². The molecule has 0 saturated carbocycles. The average molecular weight is 431 g/mol. The van der Waals surface area contributed by atoms with Crippen LogP contribution in [0.2, 0.25) is 0 Å². The number of aromatic nitrogens is 1. The number of carbonyl (C=O) groups excluding carboxylic acids is 1. The molecule has 0 aliphatic carbocycles. The zero-order valence-corrected chi connectivity index (χ0v) is 18.8. The lowest BCUT2D eigenvalue weighted by Gasteiger charge is -2.27. The third kappa shape index (κ3) is 3.99. The normalized spacial score (nSPS) is 18.2. The lowest BCUT2D eigenvalue weighted by atomic mass is 10.0. The number of nitriles is 1. The lowest BCUT2D eigenvalue weighted by Crippen LogP contribution is -2.33. The van der Waals surface area contributed by atoms with Gasteiger partial charge in [-0.3, -0.25) is 19.1 Å². The van der Waals surface area contributed by atoms with Crippen LogP contribution in [0.1, 0.15) is 56.2 Å². The van der Waals surface area contributed by atoms with Crippen LogP contribution < -0.4 is 10.5 Å². The van der Waals surface area contributed by atoms with Gasteiger partial charge in [-0.15, -0.1) is 0 Å². The predicted molar refractivity (Wildman–Crippen MR) is 122 cm³/mol. The van der Waals surface area contributed by atoms with Crippen LogP contribution in [0.3, 0.4) is 0 Å². The highest BCUT2D eigenvalue weighted by Crippen LogP contribution is 2.36. The maximum Gasteiger partial charge on any atom is 0.270 e. The van der Waals surface area contributed by atoms with Gasteiger partial charge >= 0.3 is 0 Å². The van der Waals surface area contributed by atoms with Crippen molar-refractivity contribution in [1.29, 1.82) is 5.26 Å². The Morgan fingerprint density at radius 1 is 1.24 bits per heavy atom. The molecular weight excluding hydrogens is 404 g/mol. The fourth-order valence-electron chi connectivity index (χ4n) is 3.84. The van der Waals surface area contributed by atoms with Gasteiger partial charge in [0.1, 0.15) is 21.8 Å². The molecule has 0 N–H and O–H groups in total. The van der Waals surface area contributed by atoms with Crippen LogP contribution in [-0.4, -0.2) is 39.3 Å². The summed E-state index contributed by atoms with van der Waals surface area (Å²) in [5.74, 6) is 0.721. The fourth-order valence-corrected chi connectivity index (χ4v) is 5.21. The number of pyridine rings is 1. The van der Waals surface area contributed by atoms with E-state index in [0.717, 1.165) is 50.2 Å². The smallest absolute Gasteiger partial charge is 0.270 e. The summed E-state index contributed by atoms with van der Waals surface area (Å²) < 4.78 is 2.29. The molecule has 1 aromatic heterocycles. The molecule has 0 aromatic carbocycles. The molecule has 2 fully saturated rings. The second-order valence-corrected chi connectivity index (χ2v) is 8.96. The first-order chi connectivity index (χ1) is 13.9. The van der Waals surface area contributed by atoms with Crippen molar-refractivity contribution in [2.75, 3.05) is 24.5 Å². The Balaban J connectivity index is 2.25. The minimum Gasteiger partial charge on any atom is -0.357 e. The van der Waals surface area contributed by atoms with Crippen LogP contribution >= 0.6 is 24.0 Å². The van der Waals surface area contributed by atoms with E-state index in [1.807, 2.05) is 13.0 Å². The number of unbranched alkanes of at least 4 members (excludes halogenated alkanes) is 1. The highest BCUT2D eigenvalue weighted by atomic mass is 32.2. The minimum absolute atomic E-state index is 0.112. The van der Waals surface area contributed by atoms with Gasteiger partial charge in [-0.25, -0.2) is 0 Å². The van der Waals surface area contributed by atoms with Gasteiger partial charge in [0.25, 0.3) is 11.5 Å². The Morgan fingerprint density at radius 2 is 1.93 bits per heavy atom. The van der Waals surface area contributed by atoms with Crippen LogP contribution in [0.4, 0.5) is 5.82 Å². The van der Waals surface area contributed by atoms with E-state index < -0.39 is 0 Å². The van der Waals surface area contributed by atoms with E-state index in [2.05, 4.69) is 17.9 Å². The van der Waals surface area contributed by atoms with Gasteiger partial charge in [0.05, 0.1) is 4.91 Å². The highest BCUT2D eigenvalue weighted by Gasteiger charge is 2.32. The average Bonchev–Trinajstić information content (AvgIpc) is 3.31. The van der Waals surface area contributed by atoms with Crippen molar-refractivity contribution in [1.82, 2.24) is 9.47 Å². The molecule has 2 aliphatic heterocycles. The molecule has 3 heterocycles. The van der Waals surface area contributed by atoms with E-state index in [0.29, 0.717) is 27.9 Å². The van der Waals surface area contributed by atoms with E-state index in [9.17, 15) is 14.9 Å². The molecule has 2 saturated heterocycles. The Bertz CT molecular complexity index is 968. The summed E-state index contributed by atoms with van der Waals surface area (Å²) in [5.41, 5.74) is 1.34. The van der Waals surface area contributed by atoms with E-state index in [1.54, 1.807) is 16.4 Å². The Morgan fingerprint density at radius 3 is 2.48 bits per heavy atom. The summed E-state index contributed by atoms with van der Waals surface area (Å²) in [7, 11) is 0. The first kappa shape index (κ1) is 21.6. The standard InChI is InChI=1S/C21H26N4O2S2/c1-4-6-11-25-18(23-9-7-8-10-23)15(14(3)16(13-22)19(25)26)12-17-20(27)24(5-2)21(28)29-17/h12H,4-11H2,1-3H3/b17-12-. The largest absolute Gasteiger partial charge is 0.357 e. The minimum atomic E-state index is -0.237. The van der Waals surface area contributed by atoms with E-state index in [-0.39, 0.29) is 17.0 Å². The zero-order chi connectivity index (χ0) is 21.1. The Labute approximate surface area is 181 Å². The molecular formula is C21H26N4O2S2. The molecule has 8 heteroatoms. The summed E-state index contributed by atoms with van der Waals surface area (Å²) in [4.78, 5) is 30.2. The van der Waals surface area contributed by atoms with Crippen molar-refractivity contribution >= 4 is 46.1 Å². The lowest BCUT2D eigenvalue weighted by molar-refractivity contribution is -0.121. The number of hydrogen-bond acceptors (Lipinski definition) is 6. The van der Waals surface area contributed by atoms with Gasteiger partial charge in [-0.2, -0.15) is 5.26 Å². The zero-order valence-electron chi connectivity index (χ0n) is 17.2. The number of amides is 1. The monoisotopic (exact) mass is 430 g/mol. The van der Waals surface area contributed by atoms with Crippen molar-refractivity contribution in [3.8, 4) is 6.07 Å². The van der Waals surface area contributed by atoms with E-state index >= 15 is 0 Å². The van der Waals surface area contributed by atoms with Gasteiger partial charge < -0.3 is 4.90 Å². The molecule has 29 heavy (non-hydrogen) atoms. The van der Waals surface area contributed by atoms with Crippen LogP contribution in [0, 0.1) is 18.3 Å². The molecule has 154 valence electrons. The molecule has 1 aromatic rings. The van der Waals surface area contributed by atoms with Crippen LogP contribution in [-0.2, 0) is 11.3 Å². The maximum atomic E-state index is 13.1. The Hall–Kier alpha value is -2.11. The van der Waals surface area contributed by atoms with Gasteiger partial charge in [-0.05, 0) is 44.7 Å². The molecule has 0 bridgehead atoms. The van der Waals surface area contributed by atoms with Crippen molar-refractivity contribution in [2.24, 2.45) is 0 Å². The number of nitrogens with zero attached hydrogens (tertiary/aromatic N) is 4. The van der Waals surface area contributed by atoms with Gasteiger partial charge in [-0.1, -0.05) is 37.3 Å². The van der Waals surface area contributed by atoms with Crippen LogP contribution in [0.15, 0.2) is 9.70 Å². The SMILES string of the molecule is CCCCn1c(N2CCCC2)c(/C=C2\SC(=S)N(CC)C2=O)c(C)c(C#N)c1=O. The van der Waals surface area contributed by atoms with E-state index in [4.69, 9.17) is 12.2 Å². The number of hydrogen-bond donors (Lipinski definition) is 0. The third-order valence-corrected chi connectivity index (χ3v) is 6.83. The quantitative estimate of drug-likeness (QED) is 0.507. The number of rotatable bonds is 6. The molecule has 0 spiro atoms. The molecule has 1 amide bonds. The molecule has 0 atom stereocenters. The van der Waals surface area contributed by atoms with Crippen molar-refractivity contribution in [2.45, 2.75) is 53.0 Å². The van der Waals surface area contributed by atoms with Gasteiger partial charge in [0.15, 0.2) is 0 Å². The maximum absolute atomic E-state index is 13.1. The number of likely N-dealkylation sites (N-methyl/N-ethyl adjacent to an activating group) is 1. The molecule has 0 unspecified atom stereocenters.